The van der Waals surface area contributed by atoms with Crippen molar-refractivity contribution in [1.82, 2.24) is 5.32 Å². The normalized spacial score (nSPS) is 17.1. The number of nitrogens with zero attached hydrogens (tertiary/aromatic N) is 1. The number of carbonyl (C=O) groups is 3. The molecule has 36 heavy (non-hydrogen) atoms. The standard InChI is InChI=1S/C21H25ClN2O3S.C4H4O4/c1-3-10-23-11-12-24-17-9-6-15(22)13-18(17)28-20(19(25)21(24)26)14-4-7-16(27-2)8-5-14;5-3(6)1-2-4(7)8/h4-9,13,19-20,23,25H,3,10-12H2,1-2H3;1-2H,(H,5,6)(H,7,8). The Morgan fingerprint density at radius 1 is 1.11 bits per heavy atom. The lowest BCUT2D eigenvalue weighted by Crippen LogP contribution is -2.43. The third-order valence-corrected chi connectivity index (χ3v) is 6.62. The summed E-state index contributed by atoms with van der Waals surface area (Å²) in [6, 6.07) is 12.9. The SMILES string of the molecule is CCCNCCN1C(=O)C(O)C(c2ccc(OC)cc2)Sc2cc(Cl)ccc21.O=C(O)C=CC(=O)O. The monoisotopic (exact) mass is 536 g/mol. The molecule has 2 atom stereocenters. The summed E-state index contributed by atoms with van der Waals surface area (Å²) in [5.74, 6) is -2.08. The summed E-state index contributed by atoms with van der Waals surface area (Å²) in [7, 11) is 1.61. The largest absolute Gasteiger partial charge is 0.497 e. The van der Waals surface area contributed by atoms with Crippen molar-refractivity contribution in [3.05, 3.63) is 65.2 Å². The quantitative estimate of drug-likeness (QED) is 0.280. The van der Waals surface area contributed by atoms with Crippen molar-refractivity contribution >= 4 is 46.9 Å². The van der Waals surface area contributed by atoms with Gasteiger partial charge in [-0.1, -0.05) is 30.7 Å². The number of hydrogen-bond donors (Lipinski definition) is 4. The number of thioether (sulfide) groups is 1. The number of nitrogens with one attached hydrogen (secondary N) is 1. The molecule has 0 saturated heterocycles. The molecular weight excluding hydrogens is 508 g/mol. The number of methoxy groups -OCH3 is 1. The van der Waals surface area contributed by atoms with Gasteiger partial charge in [0.25, 0.3) is 5.91 Å². The second-order valence-corrected chi connectivity index (χ2v) is 9.24. The Bertz CT molecular complexity index is 1060. The number of halogens is 1. The zero-order valence-corrected chi connectivity index (χ0v) is 21.5. The molecule has 1 amide bonds. The van der Waals surface area contributed by atoms with Crippen LogP contribution in [0.15, 0.2) is 59.5 Å². The Labute approximate surface area is 218 Å². The van der Waals surface area contributed by atoms with Crippen LogP contribution in [0.1, 0.15) is 24.2 Å². The molecule has 1 aliphatic heterocycles. The molecular formula is C25H29ClN2O7S. The van der Waals surface area contributed by atoms with Crippen LogP contribution in [-0.2, 0) is 14.4 Å². The number of aliphatic hydroxyl groups is 1. The van der Waals surface area contributed by atoms with Gasteiger partial charge in [-0.05, 0) is 48.9 Å². The fraction of sp³-hybridized carbons (Fsp3) is 0.320. The van der Waals surface area contributed by atoms with Gasteiger partial charge in [0.15, 0.2) is 0 Å². The minimum atomic E-state index is -1.26. The van der Waals surface area contributed by atoms with E-state index in [0.29, 0.717) is 30.3 Å². The topological polar surface area (TPSA) is 136 Å². The van der Waals surface area contributed by atoms with Crippen LogP contribution in [0, 0.1) is 0 Å². The Balaban J connectivity index is 0.000000493. The third kappa shape index (κ3) is 8.56. The van der Waals surface area contributed by atoms with Crippen molar-refractivity contribution in [2.24, 2.45) is 0 Å². The minimum Gasteiger partial charge on any atom is -0.497 e. The zero-order chi connectivity index (χ0) is 26.7. The van der Waals surface area contributed by atoms with Crippen molar-refractivity contribution < 1.29 is 34.4 Å². The van der Waals surface area contributed by atoms with Gasteiger partial charge in [-0.3, -0.25) is 4.79 Å². The van der Waals surface area contributed by atoms with Gasteiger partial charge in [-0.25, -0.2) is 9.59 Å². The number of anilines is 1. The van der Waals surface area contributed by atoms with Crippen LogP contribution in [0.2, 0.25) is 5.02 Å². The number of benzene rings is 2. The summed E-state index contributed by atoms with van der Waals surface area (Å²) in [5.41, 5.74) is 1.65. The van der Waals surface area contributed by atoms with Crippen LogP contribution in [0.25, 0.3) is 0 Å². The molecule has 0 spiro atoms. The van der Waals surface area contributed by atoms with Gasteiger partial charge >= 0.3 is 11.9 Å². The molecule has 0 bridgehead atoms. The van der Waals surface area contributed by atoms with E-state index >= 15 is 0 Å². The molecule has 11 heteroatoms. The number of amides is 1. The smallest absolute Gasteiger partial charge is 0.328 e. The lowest BCUT2D eigenvalue weighted by atomic mass is 10.1. The molecule has 9 nitrogen and oxygen atoms in total. The molecule has 4 N–H and O–H groups in total. The van der Waals surface area contributed by atoms with E-state index < -0.39 is 23.3 Å². The van der Waals surface area contributed by atoms with Crippen molar-refractivity contribution in [1.29, 1.82) is 0 Å². The van der Waals surface area contributed by atoms with Gasteiger partial charge in [-0.15, -0.1) is 11.8 Å². The number of hydrogen-bond acceptors (Lipinski definition) is 7. The number of aliphatic hydroxyl groups excluding tert-OH is 1. The summed E-state index contributed by atoms with van der Waals surface area (Å²) >= 11 is 7.68. The molecule has 0 saturated carbocycles. The Hall–Kier alpha value is -3.05. The molecule has 0 fully saturated rings. The predicted octanol–water partition coefficient (Wildman–Crippen LogP) is 3.60. The highest BCUT2D eigenvalue weighted by Crippen LogP contribution is 2.46. The lowest BCUT2D eigenvalue weighted by molar-refractivity contribution is -0.134. The molecule has 0 aromatic heterocycles. The molecule has 2 aromatic carbocycles. The van der Waals surface area contributed by atoms with E-state index in [1.165, 1.54) is 11.8 Å². The third-order valence-electron chi connectivity index (χ3n) is 5.02. The summed E-state index contributed by atoms with van der Waals surface area (Å²) < 4.78 is 5.21. The van der Waals surface area contributed by atoms with Crippen molar-refractivity contribution in [3.8, 4) is 5.75 Å². The Morgan fingerprint density at radius 3 is 2.31 bits per heavy atom. The maximum absolute atomic E-state index is 13.1. The van der Waals surface area contributed by atoms with Crippen molar-refractivity contribution in [3.63, 3.8) is 0 Å². The van der Waals surface area contributed by atoms with Gasteiger partial charge in [0.1, 0.15) is 11.9 Å². The number of carboxylic acids is 2. The Kier molecular flexibility index (Phi) is 11.7. The van der Waals surface area contributed by atoms with E-state index in [-0.39, 0.29) is 5.91 Å². The van der Waals surface area contributed by atoms with Gasteiger partial charge in [0.2, 0.25) is 0 Å². The second-order valence-electron chi connectivity index (χ2n) is 7.62. The van der Waals surface area contributed by atoms with Crippen LogP contribution in [0.4, 0.5) is 5.69 Å². The number of ether oxygens (including phenoxy) is 1. The molecule has 2 unspecified atom stereocenters. The molecule has 1 aliphatic rings. The van der Waals surface area contributed by atoms with Crippen LogP contribution in [0.5, 0.6) is 5.75 Å². The second kappa shape index (κ2) is 14.5. The predicted molar refractivity (Wildman–Crippen MR) is 139 cm³/mol. The van der Waals surface area contributed by atoms with Gasteiger partial charge in [-0.2, -0.15) is 0 Å². The average Bonchev–Trinajstić information content (AvgIpc) is 2.95. The first kappa shape index (κ1) is 29.2. The molecule has 194 valence electrons. The summed E-state index contributed by atoms with van der Waals surface area (Å²) in [4.78, 5) is 34.8. The maximum atomic E-state index is 13.1. The van der Waals surface area contributed by atoms with Crippen LogP contribution < -0.4 is 15.0 Å². The minimum absolute atomic E-state index is 0.298. The van der Waals surface area contributed by atoms with Crippen LogP contribution in [-0.4, -0.2) is 66.0 Å². The number of fused-ring (bicyclic) bond motifs is 1. The average molecular weight is 537 g/mol. The lowest BCUT2D eigenvalue weighted by Gasteiger charge is -2.25. The summed E-state index contributed by atoms with van der Waals surface area (Å²) in [6.07, 6.45) is 0.985. The summed E-state index contributed by atoms with van der Waals surface area (Å²) in [5, 5.41) is 30.0. The highest BCUT2D eigenvalue weighted by atomic mass is 35.5. The molecule has 3 rings (SSSR count). The van der Waals surface area contributed by atoms with Crippen molar-refractivity contribution in [2.45, 2.75) is 29.6 Å². The molecule has 0 radical (unpaired) electrons. The van der Waals surface area contributed by atoms with E-state index in [0.717, 1.165) is 34.9 Å². The molecule has 0 aliphatic carbocycles. The fourth-order valence-electron chi connectivity index (χ4n) is 3.32. The number of rotatable bonds is 9. The zero-order valence-electron chi connectivity index (χ0n) is 19.9. The number of aliphatic carboxylic acids is 2. The van der Waals surface area contributed by atoms with Gasteiger partial charge in [0.05, 0.1) is 18.0 Å². The molecule has 1 heterocycles. The fourth-order valence-corrected chi connectivity index (χ4v) is 4.87. The van der Waals surface area contributed by atoms with Gasteiger partial charge < -0.3 is 30.3 Å². The first-order valence-electron chi connectivity index (χ1n) is 11.1. The highest BCUT2D eigenvalue weighted by Gasteiger charge is 2.37. The molecule has 2 aromatic rings. The first-order chi connectivity index (χ1) is 17.2. The van der Waals surface area contributed by atoms with E-state index in [1.54, 1.807) is 18.1 Å². The van der Waals surface area contributed by atoms with E-state index in [9.17, 15) is 19.5 Å². The van der Waals surface area contributed by atoms with Gasteiger partial charge in [0, 0.05) is 35.2 Å². The maximum Gasteiger partial charge on any atom is 0.328 e. The Morgan fingerprint density at radius 2 is 1.75 bits per heavy atom. The summed E-state index contributed by atoms with van der Waals surface area (Å²) in [6.45, 7) is 4.13. The van der Waals surface area contributed by atoms with E-state index in [4.69, 9.17) is 26.6 Å². The van der Waals surface area contributed by atoms with E-state index in [2.05, 4.69) is 12.2 Å². The van der Waals surface area contributed by atoms with Crippen molar-refractivity contribution in [2.75, 3.05) is 31.6 Å². The number of carbonyl (C=O) groups excluding carboxylic acids is 1. The van der Waals surface area contributed by atoms with E-state index in [1.807, 2.05) is 36.4 Å². The van der Waals surface area contributed by atoms with Crippen LogP contribution in [0.3, 0.4) is 0 Å². The van der Waals surface area contributed by atoms with Crippen LogP contribution >= 0.6 is 23.4 Å². The highest BCUT2D eigenvalue weighted by molar-refractivity contribution is 7.99. The first-order valence-corrected chi connectivity index (χ1v) is 12.4. The number of carboxylic acid groups (broad SMARTS) is 2.